The molecule has 0 bridgehead atoms. The zero-order valence-corrected chi connectivity index (χ0v) is 12.7. The number of hydrogen-bond donors (Lipinski definition) is 1. The Morgan fingerprint density at radius 3 is 3.05 bits per heavy atom. The smallest absolute Gasteiger partial charge is 0.243 e. The number of nitrogens with zero attached hydrogens (tertiary/aromatic N) is 2. The van der Waals surface area contributed by atoms with Gasteiger partial charge in [0.25, 0.3) is 0 Å². The number of imidazole rings is 1. The van der Waals surface area contributed by atoms with Crippen LogP contribution < -0.4 is 10.1 Å². The summed E-state index contributed by atoms with van der Waals surface area (Å²) in [6, 6.07) is 4.71. The van der Waals surface area contributed by atoms with Crippen LogP contribution >= 0.6 is 11.3 Å². The first kappa shape index (κ1) is 14.0. The van der Waals surface area contributed by atoms with Crippen LogP contribution in [0.5, 0.6) is 11.6 Å². The van der Waals surface area contributed by atoms with Crippen molar-refractivity contribution in [2.24, 2.45) is 0 Å². The fourth-order valence-electron chi connectivity index (χ4n) is 2.09. The van der Waals surface area contributed by atoms with Gasteiger partial charge in [-0.05, 0) is 37.2 Å². The number of thiazole rings is 1. The maximum Gasteiger partial charge on any atom is 0.243 e. The van der Waals surface area contributed by atoms with Gasteiger partial charge in [0.05, 0.1) is 0 Å². The van der Waals surface area contributed by atoms with Gasteiger partial charge in [-0.15, -0.1) is 11.3 Å². The first-order chi connectivity index (χ1) is 10.2. The molecule has 0 aliphatic rings. The maximum atomic E-state index is 13.3. The summed E-state index contributed by atoms with van der Waals surface area (Å²) in [6.45, 7) is 5.31. The standard InChI is InChI=1S/C15H16FN3OS/c1-3-17-9-13-14(18-15-19(13)6-7-21-15)20-11-4-5-12(16)10(2)8-11/h4-8,17H,3,9H2,1-2H3. The first-order valence-corrected chi connectivity index (χ1v) is 7.66. The first-order valence-electron chi connectivity index (χ1n) is 6.78. The van der Waals surface area contributed by atoms with Gasteiger partial charge >= 0.3 is 0 Å². The van der Waals surface area contributed by atoms with E-state index in [1.165, 1.54) is 6.07 Å². The number of aryl methyl sites for hydroxylation is 1. The van der Waals surface area contributed by atoms with Gasteiger partial charge in [0.1, 0.15) is 17.3 Å². The Morgan fingerprint density at radius 1 is 1.43 bits per heavy atom. The van der Waals surface area contributed by atoms with Crippen molar-refractivity contribution in [3.05, 3.63) is 46.9 Å². The Bertz CT molecular complexity index is 765. The molecule has 0 unspecified atom stereocenters. The summed E-state index contributed by atoms with van der Waals surface area (Å²) in [7, 11) is 0. The number of hydrogen-bond acceptors (Lipinski definition) is 4. The van der Waals surface area contributed by atoms with Gasteiger partial charge in [-0.1, -0.05) is 6.92 Å². The SMILES string of the molecule is CCNCc1c(Oc2ccc(F)c(C)c2)nc2sccn12. The molecule has 3 rings (SSSR count). The van der Waals surface area contributed by atoms with Crippen LogP contribution in [0.1, 0.15) is 18.2 Å². The molecule has 1 N–H and O–H groups in total. The van der Waals surface area contributed by atoms with Gasteiger partial charge < -0.3 is 10.1 Å². The Kier molecular flexibility index (Phi) is 3.90. The lowest BCUT2D eigenvalue weighted by Crippen LogP contribution is -2.13. The van der Waals surface area contributed by atoms with Gasteiger partial charge in [-0.3, -0.25) is 4.40 Å². The molecular formula is C15H16FN3OS. The van der Waals surface area contributed by atoms with E-state index >= 15 is 0 Å². The van der Waals surface area contributed by atoms with Crippen LogP contribution in [0.4, 0.5) is 4.39 Å². The highest BCUT2D eigenvalue weighted by Gasteiger charge is 2.15. The number of benzene rings is 1. The lowest BCUT2D eigenvalue weighted by molar-refractivity contribution is 0.454. The molecule has 21 heavy (non-hydrogen) atoms. The minimum absolute atomic E-state index is 0.235. The predicted octanol–water partition coefficient (Wildman–Crippen LogP) is 3.75. The molecule has 2 aromatic heterocycles. The van der Waals surface area contributed by atoms with Crippen molar-refractivity contribution in [2.75, 3.05) is 6.54 Å². The molecule has 1 aromatic carbocycles. The summed E-state index contributed by atoms with van der Waals surface area (Å²) in [6.07, 6.45) is 1.97. The zero-order valence-electron chi connectivity index (χ0n) is 11.9. The number of halogens is 1. The van der Waals surface area contributed by atoms with Gasteiger partial charge in [0.15, 0.2) is 4.96 Å². The third-order valence-electron chi connectivity index (χ3n) is 3.21. The highest BCUT2D eigenvalue weighted by atomic mass is 32.1. The van der Waals surface area contributed by atoms with E-state index in [9.17, 15) is 4.39 Å². The molecular weight excluding hydrogens is 289 g/mol. The van der Waals surface area contributed by atoms with Crippen LogP contribution in [0, 0.1) is 12.7 Å². The van der Waals surface area contributed by atoms with Gasteiger partial charge in [0, 0.05) is 18.1 Å². The molecule has 6 heteroatoms. The van der Waals surface area contributed by atoms with Gasteiger partial charge in [-0.2, -0.15) is 4.98 Å². The predicted molar refractivity (Wildman–Crippen MR) is 81.7 cm³/mol. The molecule has 0 saturated heterocycles. The summed E-state index contributed by atoms with van der Waals surface area (Å²) >= 11 is 1.56. The van der Waals surface area contributed by atoms with E-state index < -0.39 is 0 Å². The van der Waals surface area contributed by atoms with Crippen molar-refractivity contribution in [3.63, 3.8) is 0 Å². The molecule has 110 valence electrons. The number of fused-ring (bicyclic) bond motifs is 1. The number of aromatic nitrogens is 2. The molecule has 3 aromatic rings. The number of rotatable bonds is 5. The van der Waals surface area contributed by atoms with E-state index in [4.69, 9.17) is 4.74 Å². The quantitative estimate of drug-likeness (QED) is 0.780. The summed E-state index contributed by atoms with van der Waals surface area (Å²) in [5.41, 5.74) is 1.52. The van der Waals surface area contributed by atoms with Crippen LogP contribution in [0.25, 0.3) is 4.96 Å². The van der Waals surface area contributed by atoms with Crippen LogP contribution in [-0.4, -0.2) is 15.9 Å². The van der Waals surface area contributed by atoms with E-state index in [0.29, 0.717) is 23.7 Å². The Hall–Kier alpha value is -1.92. The minimum Gasteiger partial charge on any atom is -0.437 e. The van der Waals surface area contributed by atoms with Crippen LogP contribution in [0.15, 0.2) is 29.8 Å². The van der Waals surface area contributed by atoms with E-state index in [2.05, 4.69) is 17.2 Å². The molecule has 2 heterocycles. The summed E-state index contributed by atoms with van der Waals surface area (Å²) in [4.78, 5) is 5.38. The van der Waals surface area contributed by atoms with Crippen molar-refractivity contribution in [2.45, 2.75) is 20.4 Å². The molecule has 0 fully saturated rings. The van der Waals surface area contributed by atoms with Gasteiger partial charge in [0.2, 0.25) is 5.88 Å². The third kappa shape index (κ3) is 2.77. The summed E-state index contributed by atoms with van der Waals surface area (Å²) in [5.74, 6) is 0.923. The van der Waals surface area contributed by atoms with Crippen molar-refractivity contribution < 1.29 is 9.13 Å². The Morgan fingerprint density at radius 2 is 2.29 bits per heavy atom. The van der Waals surface area contributed by atoms with E-state index in [0.717, 1.165) is 17.2 Å². The fraction of sp³-hybridized carbons (Fsp3) is 0.267. The van der Waals surface area contributed by atoms with Crippen LogP contribution in [0.2, 0.25) is 0 Å². The topological polar surface area (TPSA) is 38.6 Å². The second-order valence-electron chi connectivity index (χ2n) is 4.71. The number of ether oxygens (including phenoxy) is 1. The second-order valence-corrected chi connectivity index (χ2v) is 5.59. The Balaban J connectivity index is 1.94. The van der Waals surface area contributed by atoms with Crippen LogP contribution in [-0.2, 0) is 6.54 Å². The highest BCUT2D eigenvalue weighted by Crippen LogP contribution is 2.28. The third-order valence-corrected chi connectivity index (χ3v) is 3.97. The van der Waals surface area contributed by atoms with E-state index in [1.807, 2.05) is 16.0 Å². The lowest BCUT2D eigenvalue weighted by atomic mass is 10.2. The van der Waals surface area contributed by atoms with Gasteiger partial charge in [-0.25, -0.2) is 4.39 Å². The van der Waals surface area contributed by atoms with Crippen molar-refractivity contribution in [1.29, 1.82) is 0 Å². The fourth-order valence-corrected chi connectivity index (χ4v) is 2.82. The second kappa shape index (κ2) is 5.83. The van der Waals surface area contributed by atoms with Crippen molar-refractivity contribution >= 4 is 16.3 Å². The molecule has 0 aliphatic heterocycles. The molecule has 4 nitrogen and oxygen atoms in total. The molecule has 0 radical (unpaired) electrons. The highest BCUT2D eigenvalue weighted by molar-refractivity contribution is 7.15. The molecule has 0 amide bonds. The average Bonchev–Trinajstić information content (AvgIpc) is 3.02. The molecule has 0 atom stereocenters. The minimum atomic E-state index is -0.235. The lowest BCUT2D eigenvalue weighted by Gasteiger charge is -2.07. The van der Waals surface area contributed by atoms with Crippen LogP contribution in [0.3, 0.4) is 0 Å². The monoisotopic (exact) mass is 305 g/mol. The maximum absolute atomic E-state index is 13.3. The molecule has 0 spiro atoms. The summed E-state index contributed by atoms with van der Waals surface area (Å²) < 4.78 is 21.2. The van der Waals surface area contributed by atoms with E-state index in [-0.39, 0.29) is 5.82 Å². The van der Waals surface area contributed by atoms with Crippen molar-refractivity contribution in [3.8, 4) is 11.6 Å². The normalized spacial score (nSPS) is 11.2. The Labute approximate surface area is 126 Å². The zero-order chi connectivity index (χ0) is 14.8. The number of nitrogens with one attached hydrogen (secondary N) is 1. The molecule has 0 aliphatic carbocycles. The largest absolute Gasteiger partial charge is 0.437 e. The van der Waals surface area contributed by atoms with E-state index in [1.54, 1.807) is 30.4 Å². The summed E-state index contributed by atoms with van der Waals surface area (Å²) in [5, 5.41) is 5.27. The average molecular weight is 305 g/mol. The molecule has 0 saturated carbocycles. The van der Waals surface area contributed by atoms with Crippen molar-refractivity contribution in [1.82, 2.24) is 14.7 Å².